The first-order chi connectivity index (χ1) is 10.2. The maximum Gasteiger partial charge on any atom is 0.125 e. The highest BCUT2D eigenvalue weighted by molar-refractivity contribution is 5.39. The molecule has 21 heavy (non-hydrogen) atoms. The summed E-state index contributed by atoms with van der Waals surface area (Å²) in [7, 11) is 1.66. The Morgan fingerprint density at radius 2 is 1.86 bits per heavy atom. The fraction of sp³-hybridized carbons (Fsp3) is 0.222. The summed E-state index contributed by atoms with van der Waals surface area (Å²) in [6, 6.07) is 13.5. The van der Waals surface area contributed by atoms with Gasteiger partial charge >= 0.3 is 0 Å². The molecule has 3 heteroatoms. The zero-order chi connectivity index (χ0) is 15.1. The largest absolute Gasteiger partial charge is 0.496 e. The Kier molecular flexibility index (Phi) is 5.25. The Balaban J connectivity index is 2.04. The van der Waals surface area contributed by atoms with E-state index in [1.807, 2.05) is 43.3 Å². The SMILES string of the molecule is COc1ccc(C)cc1COc1ccc(C#CCO)cc1. The number of hydrogen-bond acceptors (Lipinski definition) is 3. The number of methoxy groups -OCH3 is 1. The van der Waals surface area contributed by atoms with Crippen LogP contribution in [0.4, 0.5) is 0 Å². The van der Waals surface area contributed by atoms with E-state index in [1.165, 1.54) is 5.56 Å². The van der Waals surface area contributed by atoms with Crippen molar-refractivity contribution in [3.63, 3.8) is 0 Å². The maximum atomic E-state index is 8.65. The molecule has 0 saturated carbocycles. The van der Waals surface area contributed by atoms with Crippen molar-refractivity contribution in [3.05, 3.63) is 59.2 Å². The van der Waals surface area contributed by atoms with Crippen LogP contribution in [0.5, 0.6) is 11.5 Å². The van der Waals surface area contributed by atoms with Gasteiger partial charge in [0.25, 0.3) is 0 Å². The van der Waals surface area contributed by atoms with Gasteiger partial charge in [0.2, 0.25) is 0 Å². The molecule has 0 aromatic heterocycles. The Bertz CT molecular complexity index is 648. The number of rotatable bonds is 4. The molecule has 2 aromatic carbocycles. The molecule has 2 rings (SSSR count). The second kappa shape index (κ2) is 7.37. The zero-order valence-electron chi connectivity index (χ0n) is 12.2. The standard InChI is InChI=1S/C18H18O3/c1-14-5-10-18(20-2)16(12-14)13-21-17-8-6-15(7-9-17)4-3-11-19/h5-10,12,19H,11,13H2,1-2H3. The smallest absolute Gasteiger partial charge is 0.125 e. The first-order valence-corrected chi connectivity index (χ1v) is 6.69. The molecule has 0 atom stereocenters. The molecule has 0 aliphatic rings. The van der Waals surface area contributed by atoms with Crippen molar-refractivity contribution in [1.82, 2.24) is 0 Å². The topological polar surface area (TPSA) is 38.7 Å². The normalized spacial score (nSPS) is 9.67. The summed E-state index contributed by atoms with van der Waals surface area (Å²) in [6.07, 6.45) is 0. The highest BCUT2D eigenvalue weighted by atomic mass is 16.5. The van der Waals surface area contributed by atoms with Crippen LogP contribution < -0.4 is 9.47 Å². The average molecular weight is 282 g/mol. The molecule has 2 aromatic rings. The van der Waals surface area contributed by atoms with Gasteiger partial charge in [-0.05, 0) is 43.3 Å². The van der Waals surface area contributed by atoms with Crippen molar-refractivity contribution in [2.75, 3.05) is 13.7 Å². The molecule has 0 aliphatic carbocycles. The van der Waals surface area contributed by atoms with E-state index < -0.39 is 0 Å². The summed E-state index contributed by atoms with van der Waals surface area (Å²) in [5.41, 5.74) is 3.04. The fourth-order valence-electron chi connectivity index (χ4n) is 1.96. The minimum atomic E-state index is -0.134. The van der Waals surface area contributed by atoms with E-state index in [2.05, 4.69) is 17.9 Å². The molecule has 108 valence electrons. The van der Waals surface area contributed by atoms with Crippen LogP contribution in [0.2, 0.25) is 0 Å². The van der Waals surface area contributed by atoms with Crippen LogP contribution in [0, 0.1) is 18.8 Å². The highest BCUT2D eigenvalue weighted by Gasteiger charge is 2.04. The lowest BCUT2D eigenvalue weighted by molar-refractivity contribution is 0.296. The van der Waals surface area contributed by atoms with Gasteiger partial charge in [-0.3, -0.25) is 0 Å². The lowest BCUT2D eigenvalue weighted by Gasteiger charge is -2.11. The third kappa shape index (κ3) is 4.27. The van der Waals surface area contributed by atoms with Gasteiger partial charge in [0.05, 0.1) is 7.11 Å². The first-order valence-electron chi connectivity index (χ1n) is 6.69. The van der Waals surface area contributed by atoms with Crippen molar-refractivity contribution < 1.29 is 14.6 Å². The Labute approximate surface area is 125 Å². The molecule has 0 radical (unpaired) electrons. The van der Waals surface area contributed by atoms with Crippen LogP contribution in [0.1, 0.15) is 16.7 Å². The van der Waals surface area contributed by atoms with Crippen molar-refractivity contribution in [3.8, 4) is 23.3 Å². The molecule has 0 saturated heterocycles. The van der Waals surface area contributed by atoms with Crippen LogP contribution in [0.25, 0.3) is 0 Å². The summed E-state index contributed by atoms with van der Waals surface area (Å²) in [4.78, 5) is 0. The summed E-state index contributed by atoms with van der Waals surface area (Å²) in [5.74, 6) is 7.05. The number of benzene rings is 2. The van der Waals surface area contributed by atoms with Gasteiger partial charge in [0.1, 0.15) is 24.7 Å². The second-order valence-corrected chi connectivity index (χ2v) is 4.59. The van der Waals surface area contributed by atoms with Gasteiger partial charge in [0.15, 0.2) is 0 Å². The Morgan fingerprint density at radius 3 is 2.52 bits per heavy atom. The number of hydrogen-bond donors (Lipinski definition) is 1. The van der Waals surface area contributed by atoms with Gasteiger partial charge < -0.3 is 14.6 Å². The molecule has 0 amide bonds. The van der Waals surface area contributed by atoms with Gasteiger partial charge in [0, 0.05) is 11.1 Å². The van der Waals surface area contributed by atoms with E-state index in [0.29, 0.717) is 6.61 Å². The van der Waals surface area contributed by atoms with Crippen molar-refractivity contribution >= 4 is 0 Å². The number of aryl methyl sites for hydroxylation is 1. The quantitative estimate of drug-likeness (QED) is 0.876. The molecule has 0 fully saturated rings. The average Bonchev–Trinajstić information content (AvgIpc) is 2.52. The summed E-state index contributed by atoms with van der Waals surface area (Å²) in [5, 5.41) is 8.65. The second-order valence-electron chi connectivity index (χ2n) is 4.59. The maximum absolute atomic E-state index is 8.65. The molecular formula is C18H18O3. The van der Waals surface area contributed by atoms with Crippen molar-refractivity contribution in [2.45, 2.75) is 13.5 Å². The van der Waals surface area contributed by atoms with Crippen LogP contribution in [0.3, 0.4) is 0 Å². The van der Waals surface area contributed by atoms with Crippen LogP contribution in [-0.2, 0) is 6.61 Å². The molecule has 1 N–H and O–H groups in total. The van der Waals surface area contributed by atoms with E-state index in [0.717, 1.165) is 22.6 Å². The number of ether oxygens (including phenoxy) is 2. The Morgan fingerprint density at radius 1 is 1.10 bits per heavy atom. The molecule has 0 heterocycles. The third-order valence-corrected chi connectivity index (χ3v) is 3.00. The monoisotopic (exact) mass is 282 g/mol. The van der Waals surface area contributed by atoms with Gasteiger partial charge in [-0.15, -0.1) is 0 Å². The number of aliphatic hydroxyl groups is 1. The molecule has 0 unspecified atom stereocenters. The fourth-order valence-corrected chi connectivity index (χ4v) is 1.96. The van der Waals surface area contributed by atoms with Crippen LogP contribution in [0.15, 0.2) is 42.5 Å². The van der Waals surface area contributed by atoms with Crippen LogP contribution >= 0.6 is 0 Å². The van der Waals surface area contributed by atoms with E-state index in [-0.39, 0.29) is 6.61 Å². The minimum absolute atomic E-state index is 0.134. The lowest BCUT2D eigenvalue weighted by atomic mass is 10.1. The summed E-state index contributed by atoms with van der Waals surface area (Å²) >= 11 is 0. The van der Waals surface area contributed by atoms with E-state index >= 15 is 0 Å². The molecule has 0 aliphatic heterocycles. The predicted molar refractivity (Wildman–Crippen MR) is 82.5 cm³/mol. The minimum Gasteiger partial charge on any atom is -0.496 e. The molecule has 0 bridgehead atoms. The Hall–Kier alpha value is -2.44. The van der Waals surface area contributed by atoms with Crippen LogP contribution in [-0.4, -0.2) is 18.8 Å². The van der Waals surface area contributed by atoms with Gasteiger partial charge in [-0.1, -0.05) is 23.5 Å². The highest BCUT2D eigenvalue weighted by Crippen LogP contribution is 2.22. The number of aliphatic hydroxyl groups excluding tert-OH is 1. The first kappa shape index (κ1) is 15.0. The van der Waals surface area contributed by atoms with E-state index in [4.69, 9.17) is 14.6 Å². The predicted octanol–water partition coefficient (Wildman–Crippen LogP) is 2.93. The van der Waals surface area contributed by atoms with E-state index in [1.54, 1.807) is 7.11 Å². The van der Waals surface area contributed by atoms with Crippen molar-refractivity contribution in [2.24, 2.45) is 0 Å². The van der Waals surface area contributed by atoms with Gasteiger partial charge in [-0.2, -0.15) is 0 Å². The zero-order valence-corrected chi connectivity index (χ0v) is 12.2. The van der Waals surface area contributed by atoms with E-state index in [9.17, 15) is 0 Å². The summed E-state index contributed by atoms with van der Waals surface area (Å²) in [6.45, 7) is 2.36. The van der Waals surface area contributed by atoms with Crippen molar-refractivity contribution in [1.29, 1.82) is 0 Å². The third-order valence-electron chi connectivity index (χ3n) is 3.00. The molecule has 3 nitrogen and oxygen atoms in total. The molecule has 0 spiro atoms. The molecular weight excluding hydrogens is 264 g/mol. The van der Waals surface area contributed by atoms with Gasteiger partial charge in [-0.25, -0.2) is 0 Å². The lowest BCUT2D eigenvalue weighted by Crippen LogP contribution is -1.99. The summed E-state index contributed by atoms with van der Waals surface area (Å²) < 4.78 is 11.1.